The maximum Gasteiger partial charge on any atom is 0.310 e. The van der Waals surface area contributed by atoms with E-state index in [2.05, 4.69) is 25.8 Å². The number of carbonyl (C=O) groups is 1. The van der Waals surface area contributed by atoms with E-state index >= 15 is 0 Å². The highest BCUT2D eigenvalue weighted by molar-refractivity contribution is 9.10. The molecule has 1 aliphatic rings. The molecule has 4 rings (SSSR count). The molecule has 0 saturated carbocycles. The lowest BCUT2D eigenvalue weighted by molar-refractivity contribution is -0.143. The van der Waals surface area contributed by atoms with Gasteiger partial charge in [-0.15, -0.1) is 0 Å². The molecular formula is C23H22BrClN2O4. The van der Waals surface area contributed by atoms with Gasteiger partial charge in [-0.3, -0.25) is 14.5 Å². The number of hydrogen-bond acceptors (Lipinski definition) is 5. The van der Waals surface area contributed by atoms with Crippen molar-refractivity contribution in [3.63, 3.8) is 0 Å². The molecule has 0 aliphatic carbocycles. The predicted molar refractivity (Wildman–Crippen MR) is 125 cm³/mol. The largest absolute Gasteiger partial charge is 0.464 e. The molecule has 2 aromatic carbocycles. The number of H-pyrrole nitrogens is 1. The quantitative estimate of drug-likeness (QED) is 0.512. The Hall–Kier alpha value is -2.19. The van der Waals surface area contributed by atoms with Crippen molar-refractivity contribution in [3.8, 4) is 11.1 Å². The van der Waals surface area contributed by atoms with Crippen molar-refractivity contribution in [2.45, 2.75) is 6.42 Å². The van der Waals surface area contributed by atoms with Crippen LogP contribution in [0.3, 0.4) is 0 Å². The zero-order valence-electron chi connectivity index (χ0n) is 16.8. The SMILES string of the molecule is O=C(Cc1cccc(-c2cc3cc(Br)c(Cl)cc3[nH]c2=O)c1)OCCN1CCOCC1. The molecule has 31 heavy (non-hydrogen) atoms. The van der Waals surface area contributed by atoms with Crippen molar-refractivity contribution in [3.05, 3.63) is 67.9 Å². The highest BCUT2D eigenvalue weighted by Gasteiger charge is 2.13. The average molecular weight is 506 g/mol. The molecule has 0 atom stereocenters. The third kappa shape index (κ3) is 5.54. The van der Waals surface area contributed by atoms with E-state index in [9.17, 15) is 9.59 Å². The van der Waals surface area contributed by atoms with E-state index in [1.807, 2.05) is 36.4 Å². The number of aromatic nitrogens is 1. The first-order valence-electron chi connectivity index (χ1n) is 10.1. The Bertz CT molecular complexity index is 1160. The summed E-state index contributed by atoms with van der Waals surface area (Å²) >= 11 is 9.54. The maximum atomic E-state index is 12.6. The third-order valence-electron chi connectivity index (χ3n) is 5.25. The molecule has 1 N–H and O–H groups in total. The van der Waals surface area contributed by atoms with Gasteiger partial charge in [0.25, 0.3) is 5.56 Å². The Morgan fingerprint density at radius 2 is 2.00 bits per heavy atom. The summed E-state index contributed by atoms with van der Waals surface area (Å²) in [5, 5.41) is 1.39. The Morgan fingerprint density at radius 3 is 2.81 bits per heavy atom. The van der Waals surface area contributed by atoms with Gasteiger partial charge in [-0.2, -0.15) is 0 Å². The van der Waals surface area contributed by atoms with Gasteiger partial charge in [-0.1, -0.05) is 35.9 Å². The zero-order valence-corrected chi connectivity index (χ0v) is 19.2. The molecule has 162 valence electrons. The number of halogens is 2. The van der Waals surface area contributed by atoms with E-state index in [-0.39, 0.29) is 17.9 Å². The number of nitrogens with zero attached hydrogens (tertiary/aromatic N) is 1. The van der Waals surface area contributed by atoms with Crippen molar-refractivity contribution >= 4 is 44.4 Å². The zero-order chi connectivity index (χ0) is 21.8. The first-order valence-corrected chi connectivity index (χ1v) is 11.2. The summed E-state index contributed by atoms with van der Waals surface area (Å²) in [4.78, 5) is 30.0. The number of morpholine rings is 1. The molecule has 1 saturated heterocycles. The number of esters is 1. The lowest BCUT2D eigenvalue weighted by atomic mass is 10.0. The van der Waals surface area contributed by atoms with Crippen LogP contribution in [0.25, 0.3) is 22.0 Å². The van der Waals surface area contributed by atoms with Crippen LogP contribution < -0.4 is 5.56 Å². The van der Waals surface area contributed by atoms with Crippen LogP contribution in [0.15, 0.2) is 51.7 Å². The molecule has 1 aromatic heterocycles. The van der Waals surface area contributed by atoms with Crippen molar-refractivity contribution in [2.75, 3.05) is 39.5 Å². The lowest BCUT2D eigenvalue weighted by Crippen LogP contribution is -2.38. The highest BCUT2D eigenvalue weighted by Crippen LogP contribution is 2.28. The molecule has 0 bridgehead atoms. The molecule has 0 unspecified atom stereocenters. The van der Waals surface area contributed by atoms with E-state index in [0.29, 0.717) is 29.3 Å². The number of benzene rings is 2. The number of aromatic amines is 1. The Balaban J connectivity index is 1.45. The molecule has 1 aliphatic heterocycles. The van der Waals surface area contributed by atoms with Gasteiger partial charge in [0.05, 0.1) is 24.7 Å². The van der Waals surface area contributed by atoms with Crippen molar-refractivity contribution in [1.82, 2.24) is 9.88 Å². The minimum atomic E-state index is -0.281. The van der Waals surface area contributed by atoms with Crippen LogP contribution in [0.4, 0.5) is 0 Å². The smallest absolute Gasteiger partial charge is 0.310 e. The standard InChI is InChI=1S/C23H22BrClN2O4/c24-19-13-17-12-18(23(29)26-21(17)14-20(19)25)16-3-1-2-15(10-16)11-22(28)31-9-6-27-4-7-30-8-5-27/h1-3,10,12-14H,4-9,11H2,(H,26,29). The van der Waals surface area contributed by atoms with Crippen molar-refractivity contribution < 1.29 is 14.3 Å². The Morgan fingerprint density at radius 1 is 1.19 bits per heavy atom. The monoisotopic (exact) mass is 504 g/mol. The van der Waals surface area contributed by atoms with Crippen LogP contribution in [0.1, 0.15) is 5.56 Å². The number of nitrogens with one attached hydrogen (secondary N) is 1. The molecule has 1 fully saturated rings. The summed E-state index contributed by atoms with van der Waals surface area (Å²) in [6.07, 6.45) is 0.156. The molecule has 0 radical (unpaired) electrons. The van der Waals surface area contributed by atoms with Crippen molar-refractivity contribution in [2.24, 2.45) is 0 Å². The van der Waals surface area contributed by atoms with E-state index in [0.717, 1.165) is 47.3 Å². The minimum absolute atomic E-state index is 0.156. The van der Waals surface area contributed by atoms with Crippen LogP contribution in [0.2, 0.25) is 5.02 Å². The Kier molecular flexibility index (Phi) is 7.07. The number of pyridine rings is 1. The molecular weight excluding hydrogens is 484 g/mol. The van der Waals surface area contributed by atoms with Crippen LogP contribution in [-0.4, -0.2) is 55.3 Å². The average Bonchev–Trinajstić information content (AvgIpc) is 2.75. The third-order valence-corrected chi connectivity index (χ3v) is 6.44. The second-order valence-electron chi connectivity index (χ2n) is 7.42. The van der Waals surface area contributed by atoms with Gasteiger partial charge in [0.2, 0.25) is 0 Å². The maximum absolute atomic E-state index is 12.6. The van der Waals surface area contributed by atoms with Gasteiger partial charge in [0.1, 0.15) is 6.61 Å². The highest BCUT2D eigenvalue weighted by atomic mass is 79.9. The number of ether oxygens (including phenoxy) is 2. The number of hydrogen-bond donors (Lipinski definition) is 1. The second-order valence-corrected chi connectivity index (χ2v) is 8.68. The molecule has 6 nitrogen and oxygen atoms in total. The van der Waals surface area contributed by atoms with E-state index in [1.54, 1.807) is 6.07 Å². The minimum Gasteiger partial charge on any atom is -0.464 e. The van der Waals surface area contributed by atoms with Crippen LogP contribution in [0.5, 0.6) is 0 Å². The summed E-state index contributed by atoms with van der Waals surface area (Å²) in [5.41, 5.74) is 2.53. The second kappa shape index (κ2) is 9.96. The first-order chi connectivity index (χ1) is 15.0. The first kappa shape index (κ1) is 22.0. The van der Waals surface area contributed by atoms with Crippen molar-refractivity contribution in [1.29, 1.82) is 0 Å². The normalized spacial score (nSPS) is 14.6. The van der Waals surface area contributed by atoms with Gasteiger partial charge in [-0.25, -0.2) is 0 Å². The van der Waals surface area contributed by atoms with Gasteiger partial charge < -0.3 is 14.5 Å². The lowest BCUT2D eigenvalue weighted by Gasteiger charge is -2.26. The fourth-order valence-electron chi connectivity index (χ4n) is 3.59. The Labute approximate surface area is 193 Å². The van der Waals surface area contributed by atoms with Crippen LogP contribution >= 0.6 is 27.5 Å². The number of fused-ring (bicyclic) bond motifs is 1. The topological polar surface area (TPSA) is 71.6 Å². The summed E-state index contributed by atoms with van der Waals surface area (Å²) in [7, 11) is 0. The fraction of sp³-hybridized carbons (Fsp3) is 0.304. The van der Waals surface area contributed by atoms with Crippen LogP contribution in [-0.2, 0) is 20.7 Å². The fourth-order valence-corrected chi connectivity index (χ4v) is 4.12. The summed E-state index contributed by atoms with van der Waals surface area (Å²) in [5.74, 6) is -0.281. The molecule has 3 aromatic rings. The summed E-state index contributed by atoms with van der Waals surface area (Å²) in [6.45, 7) is 4.24. The predicted octanol–water partition coefficient (Wildman–Crippen LogP) is 4.03. The molecule has 8 heteroatoms. The number of rotatable bonds is 6. The van der Waals surface area contributed by atoms with E-state index in [4.69, 9.17) is 21.1 Å². The van der Waals surface area contributed by atoms with Gasteiger partial charge in [0.15, 0.2) is 0 Å². The van der Waals surface area contributed by atoms with Crippen LogP contribution in [0, 0.1) is 0 Å². The van der Waals surface area contributed by atoms with E-state index in [1.165, 1.54) is 0 Å². The summed E-state index contributed by atoms with van der Waals surface area (Å²) < 4.78 is 11.5. The molecule has 0 amide bonds. The van der Waals surface area contributed by atoms with E-state index < -0.39 is 0 Å². The number of carbonyl (C=O) groups excluding carboxylic acids is 1. The molecule has 2 heterocycles. The molecule has 0 spiro atoms. The van der Waals surface area contributed by atoms with Gasteiger partial charge in [0, 0.05) is 40.6 Å². The van der Waals surface area contributed by atoms with Gasteiger partial charge in [-0.05, 0) is 45.3 Å². The summed E-state index contributed by atoms with van der Waals surface area (Å²) in [6, 6.07) is 12.8. The van der Waals surface area contributed by atoms with Gasteiger partial charge >= 0.3 is 5.97 Å².